The Labute approximate surface area is 78.9 Å². The largest absolute Gasteiger partial charge is 0.321 e. The molecule has 0 aliphatic rings. The Bertz CT molecular complexity index is 254. The molecule has 1 heterocycles. The average molecular weight is 182 g/mol. The van der Waals surface area contributed by atoms with Crippen LogP contribution in [-0.4, -0.2) is 15.2 Å². The van der Waals surface area contributed by atoms with Gasteiger partial charge in [0.25, 0.3) is 0 Å². The van der Waals surface area contributed by atoms with Gasteiger partial charge >= 0.3 is 0 Å². The first-order valence-corrected chi connectivity index (χ1v) is 4.80. The van der Waals surface area contributed by atoms with E-state index < -0.39 is 0 Å². The highest BCUT2D eigenvalue weighted by atomic mass is 15.2. The molecule has 0 unspecified atom stereocenters. The zero-order chi connectivity index (χ0) is 9.84. The first kappa shape index (κ1) is 10.2. The third-order valence-corrected chi connectivity index (χ3v) is 1.94. The first-order valence-electron chi connectivity index (χ1n) is 4.80. The van der Waals surface area contributed by atoms with Crippen LogP contribution in [-0.2, 0) is 6.42 Å². The summed E-state index contributed by atoms with van der Waals surface area (Å²) in [5.74, 6) is 2.23. The van der Waals surface area contributed by atoms with Crippen LogP contribution in [0.25, 0.3) is 0 Å². The van der Waals surface area contributed by atoms with Crippen molar-refractivity contribution in [3.8, 4) is 0 Å². The summed E-state index contributed by atoms with van der Waals surface area (Å²) in [6, 6.07) is -0.0310. The fourth-order valence-electron chi connectivity index (χ4n) is 1.25. The van der Waals surface area contributed by atoms with Crippen molar-refractivity contribution < 1.29 is 0 Å². The summed E-state index contributed by atoms with van der Waals surface area (Å²) in [5.41, 5.74) is 5.92. The monoisotopic (exact) mass is 182 g/mol. The maximum Gasteiger partial charge on any atom is 0.167 e. The Morgan fingerprint density at radius 1 is 1.46 bits per heavy atom. The summed E-state index contributed by atoms with van der Waals surface area (Å²) in [6.45, 7) is 6.33. The molecule has 1 aromatic heterocycles. The van der Waals surface area contributed by atoms with Crippen molar-refractivity contribution in [3.05, 3.63) is 11.6 Å². The Balaban J connectivity index is 2.60. The van der Waals surface area contributed by atoms with Gasteiger partial charge in [0, 0.05) is 6.42 Å². The van der Waals surface area contributed by atoms with Gasteiger partial charge in [0.2, 0.25) is 0 Å². The third-order valence-electron chi connectivity index (χ3n) is 1.94. The molecule has 74 valence electrons. The minimum atomic E-state index is -0.0310. The molecular formula is C9H18N4. The maximum absolute atomic E-state index is 5.92. The molecule has 1 rings (SSSR count). The number of aromatic amines is 1. The molecule has 0 fully saturated rings. The van der Waals surface area contributed by atoms with Gasteiger partial charge in [-0.3, -0.25) is 5.10 Å². The summed E-state index contributed by atoms with van der Waals surface area (Å²) in [7, 11) is 0. The number of nitrogens with one attached hydrogen (secondary N) is 1. The summed E-state index contributed by atoms with van der Waals surface area (Å²) >= 11 is 0. The van der Waals surface area contributed by atoms with Crippen LogP contribution in [0.3, 0.4) is 0 Å². The lowest BCUT2D eigenvalue weighted by Gasteiger charge is -2.09. The van der Waals surface area contributed by atoms with Gasteiger partial charge < -0.3 is 5.73 Å². The predicted molar refractivity (Wildman–Crippen MR) is 52.1 cm³/mol. The Morgan fingerprint density at radius 3 is 2.62 bits per heavy atom. The molecule has 3 N–H and O–H groups in total. The van der Waals surface area contributed by atoms with Crippen LogP contribution in [0.5, 0.6) is 0 Å². The average Bonchev–Trinajstić information content (AvgIpc) is 2.50. The van der Waals surface area contributed by atoms with Crippen molar-refractivity contribution in [2.24, 2.45) is 11.7 Å². The summed E-state index contributed by atoms with van der Waals surface area (Å²) in [4.78, 5) is 4.29. The molecule has 1 atom stereocenters. The first-order chi connectivity index (χ1) is 6.13. The van der Waals surface area contributed by atoms with E-state index in [1.165, 1.54) is 0 Å². The van der Waals surface area contributed by atoms with Gasteiger partial charge in [0.1, 0.15) is 5.82 Å². The lowest BCUT2D eigenvalue weighted by atomic mass is 10.0. The summed E-state index contributed by atoms with van der Waals surface area (Å²) in [5, 5.41) is 6.95. The highest BCUT2D eigenvalue weighted by Crippen LogP contribution is 2.14. The van der Waals surface area contributed by atoms with Gasteiger partial charge in [-0.15, -0.1) is 0 Å². The van der Waals surface area contributed by atoms with Gasteiger partial charge in [-0.25, -0.2) is 4.98 Å². The van der Waals surface area contributed by atoms with E-state index in [1.54, 1.807) is 0 Å². The van der Waals surface area contributed by atoms with Gasteiger partial charge in [0.15, 0.2) is 5.82 Å². The highest BCUT2D eigenvalue weighted by molar-refractivity contribution is 4.95. The number of nitrogens with two attached hydrogens (primary N) is 1. The van der Waals surface area contributed by atoms with Crippen LogP contribution in [0, 0.1) is 5.92 Å². The van der Waals surface area contributed by atoms with E-state index in [2.05, 4.69) is 29.0 Å². The maximum atomic E-state index is 5.92. The van der Waals surface area contributed by atoms with Crippen molar-refractivity contribution in [2.45, 2.75) is 39.7 Å². The Kier molecular flexibility index (Phi) is 3.42. The molecule has 0 bridgehead atoms. The molecule has 4 nitrogen and oxygen atoms in total. The fraction of sp³-hybridized carbons (Fsp3) is 0.778. The third kappa shape index (κ3) is 2.81. The Morgan fingerprint density at radius 2 is 2.15 bits per heavy atom. The van der Waals surface area contributed by atoms with Crippen LogP contribution < -0.4 is 5.73 Å². The minimum absolute atomic E-state index is 0.0310. The number of H-pyrrole nitrogens is 1. The quantitative estimate of drug-likeness (QED) is 0.739. The summed E-state index contributed by atoms with van der Waals surface area (Å²) in [6.07, 6.45) is 1.81. The molecule has 1 aromatic rings. The van der Waals surface area contributed by atoms with E-state index in [0.29, 0.717) is 5.92 Å². The van der Waals surface area contributed by atoms with E-state index in [4.69, 9.17) is 5.73 Å². The lowest BCUT2D eigenvalue weighted by molar-refractivity contribution is 0.494. The van der Waals surface area contributed by atoms with Crippen LogP contribution in [0.4, 0.5) is 0 Å². The number of rotatable bonds is 4. The SMILES string of the molecule is CCc1nc([C@H](N)CC(C)C)n[nH]1. The van der Waals surface area contributed by atoms with Gasteiger partial charge in [-0.2, -0.15) is 5.10 Å². The van der Waals surface area contributed by atoms with Crippen molar-refractivity contribution >= 4 is 0 Å². The standard InChI is InChI=1S/C9H18N4/c1-4-8-11-9(13-12-8)7(10)5-6(2)3/h6-7H,4-5,10H2,1-3H3,(H,11,12,13)/t7-/m1/s1. The highest BCUT2D eigenvalue weighted by Gasteiger charge is 2.12. The number of aromatic nitrogens is 3. The molecule has 0 aliphatic heterocycles. The number of aryl methyl sites for hydroxylation is 1. The van der Waals surface area contributed by atoms with E-state index >= 15 is 0 Å². The molecule has 13 heavy (non-hydrogen) atoms. The lowest BCUT2D eigenvalue weighted by Crippen LogP contribution is -2.14. The van der Waals surface area contributed by atoms with Gasteiger partial charge in [-0.05, 0) is 12.3 Å². The molecule has 4 heteroatoms. The molecular weight excluding hydrogens is 164 g/mol. The van der Waals surface area contributed by atoms with Crippen LogP contribution in [0.2, 0.25) is 0 Å². The van der Waals surface area contributed by atoms with E-state index in [9.17, 15) is 0 Å². The number of hydrogen-bond donors (Lipinski definition) is 2. The zero-order valence-corrected chi connectivity index (χ0v) is 8.54. The van der Waals surface area contributed by atoms with Crippen LogP contribution in [0.15, 0.2) is 0 Å². The van der Waals surface area contributed by atoms with Crippen LogP contribution in [0.1, 0.15) is 44.9 Å². The van der Waals surface area contributed by atoms with Crippen molar-refractivity contribution in [1.82, 2.24) is 15.2 Å². The zero-order valence-electron chi connectivity index (χ0n) is 8.54. The smallest absolute Gasteiger partial charge is 0.167 e. The molecule has 0 spiro atoms. The van der Waals surface area contributed by atoms with E-state index in [1.807, 2.05) is 6.92 Å². The second-order valence-electron chi connectivity index (χ2n) is 3.73. The molecule has 0 aliphatic carbocycles. The topological polar surface area (TPSA) is 67.6 Å². The number of nitrogens with zero attached hydrogens (tertiary/aromatic N) is 2. The number of hydrogen-bond acceptors (Lipinski definition) is 3. The Hall–Kier alpha value is -0.900. The molecule has 0 amide bonds. The van der Waals surface area contributed by atoms with Gasteiger partial charge in [-0.1, -0.05) is 20.8 Å². The molecule has 0 radical (unpaired) electrons. The second-order valence-corrected chi connectivity index (χ2v) is 3.73. The van der Waals surface area contributed by atoms with Gasteiger partial charge in [0.05, 0.1) is 6.04 Å². The molecule has 0 aromatic carbocycles. The summed E-state index contributed by atoms with van der Waals surface area (Å²) < 4.78 is 0. The van der Waals surface area contributed by atoms with E-state index in [0.717, 1.165) is 24.5 Å². The van der Waals surface area contributed by atoms with Crippen LogP contribution >= 0.6 is 0 Å². The fourth-order valence-corrected chi connectivity index (χ4v) is 1.25. The predicted octanol–water partition coefficient (Wildman–Crippen LogP) is 1.41. The normalized spacial score (nSPS) is 13.6. The van der Waals surface area contributed by atoms with Crippen molar-refractivity contribution in [3.63, 3.8) is 0 Å². The molecule has 0 saturated heterocycles. The van der Waals surface area contributed by atoms with E-state index in [-0.39, 0.29) is 6.04 Å². The van der Waals surface area contributed by atoms with Crippen molar-refractivity contribution in [2.75, 3.05) is 0 Å². The van der Waals surface area contributed by atoms with Crippen molar-refractivity contribution in [1.29, 1.82) is 0 Å². The minimum Gasteiger partial charge on any atom is -0.321 e. The second kappa shape index (κ2) is 4.37. The molecule has 0 saturated carbocycles.